The maximum Gasteiger partial charge on any atom is 0.230 e. The lowest BCUT2D eigenvalue weighted by Gasteiger charge is -2.11. The molecule has 1 aromatic rings. The van der Waals surface area contributed by atoms with Gasteiger partial charge in [0.25, 0.3) is 0 Å². The van der Waals surface area contributed by atoms with Gasteiger partial charge in [-0.1, -0.05) is 18.7 Å². The molecule has 1 N–H and O–H groups in total. The molecule has 19 heavy (non-hydrogen) atoms. The summed E-state index contributed by atoms with van der Waals surface area (Å²) >= 11 is 1.43. The second-order valence-corrected chi connectivity index (χ2v) is 6.55. The van der Waals surface area contributed by atoms with Crippen molar-refractivity contribution in [3.63, 3.8) is 0 Å². The Morgan fingerprint density at radius 1 is 1.42 bits per heavy atom. The zero-order chi connectivity index (χ0) is 13.2. The van der Waals surface area contributed by atoms with Gasteiger partial charge in [-0.05, 0) is 48.4 Å². The minimum atomic E-state index is 0.0921. The fourth-order valence-electron chi connectivity index (χ4n) is 2.57. The predicted molar refractivity (Wildman–Crippen MR) is 71.8 cm³/mol. The molecule has 1 heterocycles. The van der Waals surface area contributed by atoms with Crippen LogP contribution in [-0.2, 0) is 4.79 Å². The molecule has 104 valence electrons. The molecule has 3 rings (SSSR count). The number of carbonyl (C=O) groups is 1. The van der Waals surface area contributed by atoms with Crippen LogP contribution in [0.3, 0.4) is 0 Å². The Balaban J connectivity index is 1.46. The topological polar surface area (TPSA) is 72.7 Å². The second-order valence-electron chi connectivity index (χ2n) is 5.61. The highest BCUT2D eigenvalue weighted by molar-refractivity contribution is 7.99. The molecule has 2 fully saturated rings. The van der Waals surface area contributed by atoms with E-state index in [4.69, 9.17) is 0 Å². The fourth-order valence-corrected chi connectivity index (χ4v) is 3.32. The lowest BCUT2D eigenvalue weighted by Crippen LogP contribution is -2.34. The highest BCUT2D eigenvalue weighted by Gasteiger charge is 2.28. The Kier molecular flexibility index (Phi) is 3.72. The van der Waals surface area contributed by atoms with E-state index in [-0.39, 0.29) is 5.91 Å². The third-order valence-electron chi connectivity index (χ3n) is 3.75. The molecule has 2 atom stereocenters. The summed E-state index contributed by atoms with van der Waals surface area (Å²) in [5, 5.41) is 15.5. The number of nitrogens with zero attached hydrogens (tertiary/aromatic N) is 4. The molecule has 0 aromatic carbocycles. The third-order valence-corrected chi connectivity index (χ3v) is 4.68. The molecule has 2 aliphatic rings. The summed E-state index contributed by atoms with van der Waals surface area (Å²) in [5.41, 5.74) is 0. The summed E-state index contributed by atoms with van der Waals surface area (Å²) in [6.07, 6.45) is 5.72. The number of aromatic nitrogens is 4. The average Bonchev–Trinajstić information content (AvgIpc) is 2.98. The van der Waals surface area contributed by atoms with Crippen LogP contribution in [0.25, 0.3) is 0 Å². The summed E-state index contributed by atoms with van der Waals surface area (Å²) in [5.74, 6) is 1.23. The van der Waals surface area contributed by atoms with E-state index in [9.17, 15) is 4.79 Å². The van der Waals surface area contributed by atoms with Gasteiger partial charge >= 0.3 is 0 Å². The number of amides is 1. The number of hydrogen-bond acceptors (Lipinski definition) is 5. The van der Waals surface area contributed by atoms with Crippen molar-refractivity contribution in [2.45, 2.75) is 56.3 Å². The standard InChI is InChI=1S/C12H19N5OS/c1-8-2-3-9(6-8)13-11(18)7-19-12-14-15-16-17(12)10-4-5-10/h8-10H,2-7H2,1H3,(H,13,18). The van der Waals surface area contributed by atoms with E-state index in [0.29, 0.717) is 17.8 Å². The smallest absolute Gasteiger partial charge is 0.230 e. The Bertz CT molecular complexity index is 459. The molecule has 0 bridgehead atoms. The van der Waals surface area contributed by atoms with Crippen LogP contribution < -0.4 is 5.32 Å². The van der Waals surface area contributed by atoms with Gasteiger partial charge in [-0.15, -0.1) is 5.10 Å². The van der Waals surface area contributed by atoms with E-state index in [1.807, 2.05) is 4.68 Å². The quantitative estimate of drug-likeness (QED) is 0.826. The van der Waals surface area contributed by atoms with Crippen molar-refractivity contribution in [1.82, 2.24) is 25.5 Å². The second kappa shape index (κ2) is 5.48. The first-order chi connectivity index (χ1) is 9.22. The lowest BCUT2D eigenvalue weighted by atomic mass is 10.1. The van der Waals surface area contributed by atoms with Gasteiger partial charge in [-0.2, -0.15) is 0 Å². The van der Waals surface area contributed by atoms with Crippen molar-refractivity contribution in [3.05, 3.63) is 0 Å². The van der Waals surface area contributed by atoms with Gasteiger partial charge in [-0.25, -0.2) is 4.68 Å². The number of thioether (sulfide) groups is 1. The Labute approximate surface area is 116 Å². The van der Waals surface area contributed by atoms with Crippen LogP contribution in [0.4, 0.5) is 0 Å². The van der Waals surface area contributed by atoms with Crippen LogP contribution in [0.2, 0.25) is 0 Å². The summed E-state index contributed by atoms with van der Waals surface area (Å²) in [6, 6.07) is 0.818. The van der Waals surface area contributed by atoms with Gasteiger partial charge in [0.05, 0.1) is 11.8 Å². The maximum absolute atomic E-state index is 11.9. The van der Waals surface area contributed by atoms with Crippen molar-refractivity contribution in [2.24, 2.45) is 5.92 Å². The zero-order valence-electron chi connectivity index (χ0n) is 11.1. The number of rotatable bonds is 5. The Morgan fingerprint density at radius 2 is 2.26 bits per heavy atom. The molecule has 1 aromatic heterocycles. The van der Waals surface area contributed by atoms with Gasteiger partial charge in [0.15, 0.2) is 0 Å². The molecule has 2 unspecified atom stereocenters. The SMILES string of the molecule is CC1CCC(NC(=O)CSc2nnnn2C2CC2)C1. The molecule has 0 aliphatic heterocycles. The first-order valence-corrected chi connectivity index (χ1v) is 7.91. The summed E-state index contributed by atoms with van der Waals surface area (Å²) in [7, 11) is 0. The van der Waals surface area contributed by atoms with Crippen molar-refractivity contribution in [3.8, 4) is 0 Å². The van der Waals surface area contributed by atoms with Gasteiger partial charge in [0.2, 0.25) is 11.1 Å². The van der Waals surface area contributed by atoms with E-state index in [1.165, 1.54) is 18.2 Å². The van der Waals surface area contributed by atoms with Gasteiger partial charge in [0.1, 0.15) is 0 Å². The molecule has 2 aliphatic carbocycles. The summed E-state index contributed by atoms with van der Waals surface area (Å²) in [6.45, 7) is 2.24. The Hall–Kier alpha value is -1.11. The van der Waals surface area contributed by atoms with Crippen LogP contribution in [0, 0.1) is 5.92 Å². The molecule has 2 saturated carbocycles. The molecule has 7 heteroatoms. The van der Waals surface area contributed by atoms with Crippen LogP contribution in [0.15, 0.2) is 5.16 Å². The summed E-state index contributed by atoms with van der Waals surface area (Å²) in [4.78, 5) is 11.9. The van der Waals surface area contributed by atoms with Crippen LogP contribution >= 0.6 is 11.8 Å². The van der Waals surface area contributed by atoms with Crippen molar-refractivity contribution in [2.75, 3.05) is 5.75 Å². The molecule has 0 saturated heterocycles. The molecule has 1 amide bonds. The van der Waals surface area contributed by atoms with E-state index >= 15 is 0 Å². The minimum Gasteiger partial charge on any atom is -0.353 e. The number of tetrazole rings is 1. The lowest BCUT2D eigenvalue weighted by molar-refractivity contribution is -0.119. The van der Waals surface area contributed by atoms with E-state index in [1.54, 1.807) is 0 Å². The largest absolute Gasteiger partial charge is 0.353 e. The number of hydrogen-bond donors (Lipinski definition) is 1. The zero-order valence-corrected chi connectivity index (χ0v) is 11.9. The van der Waals surface area contributed by atoms with Crippen LogP contribution in [0.5, 0.6) is 0 Å². The highest BCUT2D eigenvalue weighted by Crippen LogP contribution is 2.36. The van der Waals surface area contributed by atoms with Crippen molar-refractivity contribution in [1.29, 1.82) is 0 Å². The Morgan fingerprint density at radius 3 is 2.95 bits per heavy atom. The minimum absolute atomic E-state index is 0.0921. The highest BCUT2D eigenvalue weighted by atomic mass is 32.2. The monoisotopic (exact) mass is 281 g/mol. The van der Waals surface area contributed by atoms with E-state index < -0.39 is 0 Å². The van der Waals surface area contributed by atoms with E-state index in [2.05, 4.69) is 27.8 Å². The molecule has 0 radical (unpaired) electrons. The number of nitrogens with one attached hydrogen (secondary N) is 1. The van der Waals surface area contributed by atoms with Crippen LogP contribution in [0.1, 0.15) is 45.1 Å². The molecule has 0 spiro atoms. The maximum atomic E-state index is 11.9. The van der Waals surface area contributed by atoms with Gasteiger partial charge in [0, 0.05) is 6.04 Å². The predicted octanol–water partition coefficient (Wildman–Crippen LogP) is 1.40. The normalized spacial score (nSPS) is 26.6. The average molecular weight is 281 g/mol. The summed E-state index contributed by atoms with van der Waals surface area (Å²) < 4.78 is 1.84. The van der Waals surface area contributed by atoms with Crippen molar-refractivity contribution >= 4 is 17.7 Å². The first kappa shape index (κ1) is 12.9. The first-order valence-electron chi connectivity index (χ1n) is 6.92. The number of carbonyl (C=O) groups excluding carboxylic acids is 1. The van der Waals surface area contributed by atoms with Gasteiger partial charge in [-0.3, -0.25) is 4.79 Å². The molecular weight excluding hydrogens is 262 g/mol. The van der Waals surface area contributed by atoms with Crippen molar-refractivity contribution < 1.29 is 4.79 Å². The third kappa shape index (κ3) is 3.26. The molecular formula is C12H19N5OS. The van der Waals surface area contributed by atoms with E-state index in [0.717, 1.165) is 36.8 Å². The fraction of sp³-hybridized carbons (Fsp3) is 0.833. The van der Waals surface area contributed by atoms with Crippen LogP contribution in [-0.4, -0.2) is 37.9 Å². The molecule has 6 nitrogen and oxygen atoms in total. The van der Waals surface area contributed by atoms with Gasteiger partial charge < -0.3 is 5.32 Å².